The third-order valence-electron chi connectivity index (χ3n) is 3.24. The van der Waals surface area contributed by atoms with Gasteiger partial charge in [-0.05, 0) is 30.3 Å². The molecule has 0 aliphatic heterocycles. The van der Waals surface area contributed by atoms with E-state index in [4.69, 9.17) is 23.2 Å². The number of H-pyrrole nitrogens is 1. The Morgan fingerprint density at radius 2 is 1.85 bits per heavy atom. The summed E-state index contributed by atoms with van der Waals surface area (Å²) in [7, 11) is 0. The number of hydrogen-bond acceptors (Lipinski definition) is 4. The van der Waals surface area contributed by atoms with Gasteiger partial charge in [-0.25, -0.2) is 9.37 Å². The van der Waals surface area contributed by atoms with Crippen LogP contribution in [0.3, 0.4) is 0 Å². The van der Waals surface area contributed by atoms with E-state index in [9.17, 15) is 4.39 Å². The van der Waals surface area contributed by atoms with E-state index >= 15 is 0 Å². The molecule has 0 unspecified atom stereocenters. The molecule has 0 saturated heterocycles. The molecule has 1 N–H and O–H groups in total. The Kier molecular flexibility index (Phi) is 7.00. The molecule has 3 aromatic heterocycles. The van der Waals surface area contributed by atoms with Crippen LogP contribution in [0, 0.1) is 5.82 Å². The van der Waals surface area contributed by atoms with Crippen LogP contribution in [0.25, 0.3) is 22.4 Å². The van der Waals surface area contributed by atoms with Gasteiger partial charge in [0.25, 0.3) is 0 Å². The van der Waals surface area contributed by atoms with E-state index in [1.54, 1.807) is 48.8 Å². The van der Waals surface area contributed by atoms with Gasteiger partial charge in [-0.3, -0.25) is 4.98 Å². The molecule has 0 atom stereocenters. The van der Waals surface area contributed by atoms with E-state index in [0.29, 0.717) is 22.4 Å². The minimum absolute atomic E-state index is 0. The summed E-state index contributed by atoms with van der Waals surface area (Å²) in [6.07, 6.45) is 3.33. The number of nitrogens with one attached hydrogen (secondary N) is 1. The first-order valence-corrected chi connectivity index (χ1v) is 8.17. The van der Waals surface area contributed by atoms with Gasteiger partial charge in [0.2, 0.25) is 0 Å². The Morgan fingerprint density at radius 1 is 1.04 bits per heavy atom. The van der Waals surface area contributed by atoms with Crippen molar-refractivity contribution in [1.29, 1.82) is 0 Å². The molecule has 8 heteroatoms. The fraction of sp³-hybridized carbons (Fsp3) is 0.111. The lowest BCUT2D eigenvalue weighted by Gasteiger charge is -1.96. The summed E-state index contributed by atoms with van der Waals surface area (Å²) in [5.74, 6) is 0.625. The van der Waals surface area contributed by atoms with Gasteiger partial charge < -0.3 is 4.98 Å². The van der Waals surface area contributed by atoms with Gasteiger partial charge in [-0.15, -0.1) is 16.7 Å². The zero-order valence-electron chi connectivity index (χ0n) is 12.8. The van der Waals surface area contributed by atoms with Crippen LogP contribution in [0.1, 0.15) is 13.1 Å². The van der Waals surface area contributed by atoms with Crippen molar-refractivity contribution in [3.05, 3.63) is 71.5 Å². The lowest BCUT2D eigenvalue weighted by Crippen LogP contribution is -1.87. The van der Waals surface area contributed by atoms with E-state index in [2.05, 4.69) is 25.1 Å². The monoisotopic (exact) mass is 391 g/mol. The van der Waals surface area contributed by atoms with E-state index in [0.717, 1.165) is 16.7 Å². The summed E-state index contributed by atoms with van der Waals surface area (Å²) >= 11 is 10.9. The van der Waals surface area contributed by atoms with Crippen LogP contribution in [-0.2, 0) is 5.88 Å². The third kappa shape index (κ3) is 4.74. The molecule has 5 nitrogen and oxygen atoms in total. The van der Waals surface area contributed by atoms with Crippen molar-refractivity contribution < 1.29 is 4.39 Å². The van der Waals surface area contributed by atoms with Gasteiger partial charge in [-0.2, -0.15) is 5.10 Å². The highest BCUT2D eigenvalue weighted by molar-refractivity contribution is 6.29. The lowest BCUT2D eigenvalue weighted by atomic mass is 10.2. The quantitative estimate of drug-likeness (QED) is 0.472. The van der Waals surface area contributed by atoms with E-state index < -0.39 is 0 Å². The number of fused-ring (bicyclic) bond motifs is 1. The minimum Gasteiger partial charge on any atom is -0.337 e. The molecule has 0 radical (unpaired) electrons. The van der Waals surface area contributed by atoms with Gasteiger partial charge in [0.15, 0.2) is 5.15 Å². The molecule has 4 aromatic rings. The number of imidazole rings is 1. The van der Waals surface area contributed by atoms with Gasteiger partial charge in [0.05, 0.1) is 34.4 Å². The number of hydrogen-bond donors (Lipinski definition) is 1. The second-order valence-electron chi connectivity index (χ2n) is 4.94. The summed E-state index contributed by atoms with van der Waals surface area (Å²) in [4.78, 5) is 11.3. The van der Waals surface area contributed by atoms with Crippen molar-refractivity contribution >= 4 is 34.2 Å². The van der Waals surface area contributed by atoms with Crippen molar-refractivity contribution in [3.63, 3.8) is 0 Å². The highest BCUT2D eigenvalue weighted by Crippen LogP contribution is 2.21. The third-order valence-corrected chi connectivity index (χ3v) is 3.71. The smallest absolute Gasteiger partial charge is 0.151 e. The Morgan fingerprint density at radius 3 is 2.50 bits per heavy atom. The van der Waals surface area contributed by atoms with Crippen LogP contribution in [0.2, 0.25) is 5.15 Å². The fourth-order valence-corrected chi connectivity index (χ4v) is 2.30. The minimum atomic E-state index is -0.283. The predicted octanol–water partition coefficient (Wildman–Crippen LogP) is 5.27. The van der Waals surface area contributed by atoms with Crippen LogP contribution in [0.15, 0.2) is 54.9 Å². The molecule has 26 heavy (non-hydrogen) atoms. The number of aromatic nitrogens is 5. The van der Waals surface area contributed by atoms with E-state index in [-0.39, 0.29) is 13.2 Å². The molecular formula is C18H16Cl2FN5. The molecule has 0 saturated carbocycles. The highest BCUT2D eigenvalue weighted by atomic mass is 35.5. The molecule has 0 bridgehead atoms. The summed E-state index contributed by atoms with van der Waals surface area (Å²) in [6, 6.07) is 11.7. The summed E-state index contributed by atoms with van der Waals surface area (Å²) < 4.78 is 13.5. The Balaban J connectivity index is 0.000000210. The van der Waals surface area contributed by atoms with Gasteiger partial charge in [0, 0.05) is 6.20 Å². The highest BCUT2D eigenvalue weighted by Gasteiger charge is 2.08. The van der Waals surface area contributed by atoms with Crippen molar-refractivity contribution in [2.45, 2.75) is 13.3 Å². The molecule has 0 aliphatic carbocycles. The van der Waals surface area contributed by atoms with Crippen LogP contribution >= 0.6 is 23.2 Å². The molecule has 134 valence electrons. The largest absolute Gasteiger partial charge is 0.337 e. The lowest BCUT2D eigenvalue weighted by molar-refractivity contribution is 0.630. The first-order valence-electron chi connectivity index (χ1n) is 7.26. The molecule has 0 spiro atoms. The summed E-state index contributed by atoms with van der Waals surface area (Å²) in [5.41, 5.74) is 2.80. The Hall–Kier alpha value is -2.57. The van der Waals surface area contributed by atoms with Crippen LogP contribution in [0.5, 0.6) is 0 Å². The maximum atomic E-state index is 13.5. The normalized spacial score (nSPS) is 9.96. The molecule has 0 fully saturated rings. The predicted molar refractivity (Wildman–Crippen MR) is 103 cm³/mol. The van der Waals surface area contributed by atoms with Gasteiger partial charge in [0.1, 0.15) is 11.6 Å². The number of pyridine rings is 1. The molecule has 1 aromatic carbocycles. The molecule has 0 amide bonds. The van der Waals surface area contributed by atoms with Crippen LogP contribution in [0.4, 0.5) is 4.39 Å². The number of alkyl halides is 1. The summed E-state index contributed by atoms with van der Waals surface area (Å²) in [5, 5.41) is 7.66. The van der Waals surface area contributed by atoms with E-state index in [1.807, 2.05) is 0 Å². The van der Waals surface area contributed by atoms with E-state index in [1.165, 1.54) is 6.07 Å². The molecular weight excluding hydrogens is 376 g/mol. The number of nitrogens with zero attached hydrogens (tertiary/aromatic N) is 4. The fourth-order valence-electron chi connectivity index (χ4n) is 2.05. The number of halogens is 3. The average molecular weight is 392 g/mol. The van der Waals surface area contributed by atoms with Gasteiger partial charge in [-0.1, -0.05) is 31.2 Å². The van der Waals surface area contributed by atoms with Crippen molar-refractivity contribution in [1.82, 2.24) is 25.1 Å². The van der Waals surface area contributed by atoms with Crippen molar-refractivity contribution in [3.8, 4) is 11.4 Å². The topological polar surface area (TPSA) is 67.3 Å². The standard InChI is InChI=1S/C12H8FN3.C5H4Cl2N2.CH4/c13-9-4-2-1-3-8(9)12-15-10-5-6-14-7-11(10)16-12;6-3-4-1-2-5(7)9-8-4;/h1-7H,(H,15,16);1-2H,3H2;1H4. The number of benzene rings is 1. The van der Waals surface area contributed by atoms with Gasteiger partial charge >= 0.3 is 0 Å². The van der Waals surface area contributed by atoms with Crippen molar-refractivity contribution in [2.24, 2.45) is 0 Å². The van der Waals surface area contributed by atoms with Crippen molar-refractivity contribution in [2.75, 3.05) is 0 Å². The second-order valence-corrected chi connectivity index (χ2v) is 5.59. The van der Waals surface area contributed by atoms with Crippen LogP contribution in [-0.4, -0.2) is 25.1 Å². The molecule has 0 aliphatic rings. The van der Waals surface area contributed by atoms with Crippen LogP contribution < -0.4 is 0 Å². The zero-order chi connectivity index (χ0) is 17.6. The summed E-state index contributed by atoms with van der Waals surface area (Å²) in [6.45, 7) is 0. The second kappa shape index (κ2) is 9.22. The SMILES string of the molecule is C.ClCc1ccc(Cl)nn1.Fc1ccccc1-c1nc2ccncc2[nH]1. The zero-order valence-corrected chi connectivity index (χ0v) is 14.3. The maximum Gasteiger partial charge on any atom is 0.151 e. The molecule has 3 heterocycles. The molecule has 4 rings (SSSR count). The first-order chi connectivity index (χ1) is 12.2. The number of rotatable bonds is 2. The first kappa shape index (κ1) is 19.8. The number of aromatic amines is 1. The maximum absolute atomic E-state index is 13.5. The Labute approximate surface area is 160 Å². The average Bonchev–Trinajstić information content (AvgIpc) is 3.07. The Bertz CT molecular complexity index is 940.